The number of nitrogens with zero attached hydrogens (tertiary/aromatic N) is 6. The van der Waals surface area contributed by atoms with Crippen LogP contribution >= 0.6 is 0 Å². The highest BCUT2D eigenvalue weighted by Gasteiger charge is 2.34. The number of methoxy groups -OCH3 is 1. The maximum absolute atomic E-state index is 13.9. The summed E-state index contributed by atoms with van der Waals surface area (Å²) in [5, 5.41) is 11.8. The third-order valence-corrected chi connectivity index (χ3v) is 9.16. The van der Waals surface area contributed by atoms with E-state index in [1.165, 1.54) is 17.7 Å². The van der Waals surface area contributed by atoms with E-state index in [9.17, 15) is 14.7 Å². The molecule has 4 heterocycles. The molecule has 7 rings (SSSR count). The molecule has 2 aliphatic rings. The van der Waals surface area contributed by atoms with Gasteiger partial charge >= 0.3 is 6.09 Å². The Morgan fingerprint density at radius 3 is 2.63 bits per heavy atom. The van der Waals surface area contributed by atoms with Crippen molar-refractivity contribution < 1.29 is 24.2 Å². The van der Waals surface area contributed by atoms with Crippen LogP contribution in [0.4, 0.5) is 4.79 Å². The molecule has 1 saturated heterocycles. The Kier molecular flexibility index (Phi) is 7.85. The van der Waals surface area contributed by atoms with Gasteiger partial charge in [-0.1, -0.05) is 30.3 Å². The lowest BCUT2D eigenvalue weighted by Gasteiger charge is -2.39. The van der Waals surface area contributed by atoms with Crippen LogP contribution in [0, 0.1) is 5.92 Å². The zero-order valence-corrected chi connectivity index (χ0v) is 26.3. The molecule has 5 aromatic rings. The Labute approximate surface area is 267 Å². The summed E-state index contributed by atoms with van der Waals surface area (Å²) < 4.78 is 15.6. The molecule has 3 aromatic heterocycles. The molecule has 2 fully saturated rings. The maximum atomic E-state index is 13.9. The number of carbonyl (C=O) groups is 2. The lowest BCUT2D eigenvalue weighted by molar-refractivity contribution is 0.0138. The van der Waals surface area contributed by atoms with E-state index in [0.717, 1.165) is 40.2 Å². The number of aryl methyl sites for hydroxylation is 1. The number of hydrogen-bond acceptors (Lipinski definition) is 7. The summed E-state index contributed by atoms with van der Waals surface area (Å²) in [6.07, 6.45) is 3.29. The molecule has 0 bridgehead atoms. The van der Waals surface area contributed by atoms with Gasteiger partial charge in [-0.15, -0.1) is 0 Å². The minimum absolute atomic E-state index is 0.144. The van der Waals surface area contributed by atoms with E-state index >= 15 is 0 Å². The van der Waals surface area contributed by atoms with Crippen molar-refractivity contribution in [3.8, 4) is 17.3 Å². The zero-order chi connectivity index (χ0) is 31.9. The molecule has 1 N–H and O–H groups in total. The van der Waals surface area contributed by atoms with Crippen LogP contribution in [0.1, 0.15) is 35.2 Å². The van der Waals surface area contributed by atoms with Gasteiger partial charge in [-0.05, 0) is 61.1 Å². The zero-order valence-electron chi connectivity index (χ0n) is 26.3. The number of aromatic nitrogens is 4. The van der Waals surface area contributed by atoms with Crippen LogP contribution < -0.4 is 4.74 Å². The van der Waals surface area contributed by atoms with Crippen molar-refractivity contribution >= 4 is 34.1 Å². The third-order valence-electron chi connectivity index (χ3n) is 9.16. The number of aliphatic hydroxyl groups is 1. The van der Waals surface area contributed by atoms with Gasteiger partial charge in [0.25, 0.3) is 5.91 Å². The van der Waals surface area contributed by atoms with Crippen molar-refractivity contribution in [2.45, 2.75) is 44.6 Å². The molecule has 2 amide bonds. The molecule has 46 heavy (non-hydrogen) atoms. The topological polar surface area (TPSA) is 115 Å². The Morgan fingerprint density at radius 1 is 1.07 bits per heavy atom. The van der Waals surface area contributed by atoms with Gasteiger partial charge < -0.3 is 33.5 Å². The number of likely N-dealkylation sites (tertiary alicyclic amines) is 1. The van der Waals surface area contributed by atoms with Gasteiger partial charge in [-0.3, -0.25) is 4.79 Å². The molecule has 2 aromatic carbocycles. The minimum Gasteiger partial charge on any atom is -0.494 e. The summed E-state index contributed by atoms with van der Waals surface area (Å²) >= 11 is 0. The third kappa shape index (κ3) is 5.66. The number of amides is 2. The van der Waals surface area contributed by atoms with Crippen molar-refractivity contribution in [3.63, 3.8) is 0 Å². The first-order valence-corrected chi connectivity index (χ1v) is 15.7. The number of likely N-dealkylation sites (N-methyl/N-ethyl adjacent to an activating group) is 1. The van der Waals surface area contributed by atoms with E-state index in [-0.39, 0.29) is 25.6 Å². The number of aliphatic hydroxyl groups excluding tert-OH is 1. The summed E-state index contributed by atoms with van der Waals surface area (Å²) in [6.45, 7) is 1.44. The van der Waals surface area contributed by atoms with Crippen molar-refractivity contribution in [2.75, 3.05) is 27.2 Å². The van der Waals surface area contributed by atoms with E-state index in [2.05, 4.69) is 21.7 Å². The highest BCUT2D eigenvalue weighted by Crippen LogP contribution is 2.37. The van der Waals surface area contributed by atoms with Crippen LogP contribution in [0.3, 0.4) is 0 Å². The van der Waals surface area contributed by atoms with Gasteiger partial charge in [0.15, 0.2) is 5.82 Å². The van der Waals surface area contributed by atoms with Crippen molar-refractivity contribution in [3.05, 3.63) is 78.0 Å². The van der Waals surface area contributed by atoms with Crippen LogP contribution in [0.5, 0.6) is 5.75 Å². The molecule has 11 nitrogen and oxygen atoms in total. The number of pyridine rings is 1. The molecule has 0 spiro atoms. The molecular weight excluding hydrogens is 584 g/mol. The first-order chi connectivity index (χ1) is 22.3. The Bertz CT molecular complexity index is 1910. The number of imidazole rings is 1. The lowest BCUT2D eigenvalue weighted by atomic mass is 10.0. The van der Waals surface area contributed by atoms with Gasteiger partial charge in [0.05, 0.1) is 30.5 Å². The number of ether oxygens (including phenoxy) is 2. The van der Waals surface area contributed by atoms with Gasteiger partial charge in [-0.2, -0.15) is 0 Å². The Hall–Kier alpha value is -4.90. The summed E-state index contributed by atoms with van der Waals surface area (Å²) in [5.74, 6) is 1.66. The molecule has 2 atom stereocenters. The van der Waals surface area contributed by atoms with Gasteiger partial charge in [-0.25, -0.2) is 14.8 Å². The summed E-state index contributed by atoms with van der Waals surface area (Å²) in [6, 6.07) is 18.7. The Balaban J connectivity index is 1.16. The summed E-state index contributed by atoms with van der Waals surface area (Å²) in [5.41, 5.74) is 4.60. The van der Waals surface area contributed by atoms with Crippen LogP contribution in [0.2, 0.25) is 0 Å². The maximum Gasteiger partial charge on any atom is 0.410 e. The summed E-state index contributed by atoms with van der Waals surface area (Å²) in [7, 11) is 5.18. The molecule has 11 heteroatoms. The number of fused-ring (bicyclic) bond motifs is 2. The number of piperidine rings is 1. The first kappa shape index (κ1) is 29.8. The van der Waals surface area contributed by atoms with Crippen LogP contribution in [0.15, 0.2) is 66.9 Å². The smallest absolute Gasteiger partial charge is 0.410 e. The number of β-amino-alcohol motifs (C(OH)–C–C–N with tert-alkyl or cyclic N) is 1. The standard InChI is InChI=1S/C35H38N6O5/c1-38(35(44)46-21-23-8-5-4-6-9-23)26-17-27(42)20-40(19-26)34(43)25-14-28-31(30(16-25)45-3)39(2)33(37-28)29-15-24-10-7-13-36-32(24)41(29)18-22-11-12-22/h4-10,13-16,22,26-27,42H,11-12,17-21H2,1-3H3/t26-,27?/m1/s1. The SMILES string of the molecule is COc1cc(C(=O)N2CC(O)C[C@@H](N(C)C(=O)OCc3ccccc3)C2)cc2nc(-c3cc4cccnc4n3CC3CC3)n(C)c12. The summed E-state index contributed by atoms with van der Waals surface area (Å²) in [4.78, 5) is 39.6. The lowest BCUT2D eigenvalue weighted by Crippen LogP contribution is -2.54. The highest BCUT2D eigenvalue weighted by atomic mass is 16.6. The van der Waals surface area contributed by atoms with Crippen molar-refractivity contribution in [1.29, 1.82) is 0 Å². The van der Waals surface area contributed by atoms with E-state index < -0.39 is 18.2 Å². The second-order valence-electron chi connectivity index (χ2n) is 12.4. The average molecular weight is 623 g/mol. The fourth-order valence-electron chi connectivity index (χ4n) is 6.48. The average Bonchev–Trinajstić information content (AvgIpc) is 3.75. The number of carbonyl (C=O) groups excluding carboxylic acids is 2. The van der Waals surface area contributed by atoms with Gasteiger partial charge in [0, 0.05) is 50.9 Å². The van der Waals surface area contributed by atoms with E-state index in [0.29, 0.717) is 29.2 Å². The fourth-order valence-corrected chi connectivity index (χ4v) is 6.48. The van der Waals surface area contributed by atoms with Gasteiger partial charge in [0.1, 0.15) is 23.5 Å². The minimum atomic E-state index is -0.791. The van der Waals surface area contributed by atoms with E-state index in [1.807, 2.05) is 54.2 Å². The van der Waals surface area contributed by atoms with Crippen LogP contribution in [0.25, 0.3) is 33.6 Å². The van der Waals surface area contributed by atoms with Crippen LogP contribution in [-0.2, 0) is 24.9 Å². The first-order valence-electron chi connectivity index (χ1n) is 15.7. The molecular formula is C35H38N6O5. The normalized spacial score (nSPS) is 18.2. The fraction of sp³-hybridized carbons (Fsp3) is 0.371. The second-order valence-corrected chi connectivity index (χ2v) is 12.4. The molecule has 1 unspecified atom stereocenters. The highest BCUT2D eigenvalue weighted by molar-refractivity contribution is 6.00. The molecule has 1 aliphatic carbocycles. The molecule has 238 valence electrons. The molecule has 1 saturated carbocycles. The predicted octanol–water partition coefficient (Wildman–Crippen LogP) is 4.85. The monoisotopic (exact) mass is 622 g/mol. The van der Waals surface area contributed by atoms with Crippen molar-refractivity contribution in [2.24, 2.45) is 13.0 Å². The predicted molar refractivity (Wildman–Crippen MR) is 173 cm³/mol. The Morgan fingerprint density at radius 2 is 1.87 bits per heavy atom. The molecule has 0 radical (unpaired) electrons. The second kappa shape index (κ2) is 12.1. The number of benzene rings is 2. The molecule has 1 aliphatic heterocycles. The quantitative estimate of drug-likeness (QED) is 0.263. The van der Waals surface area contributed by atoms with Crippen LogP contribution in [-0.4, -0.2) is 85.4 Å². The van der Waals surface area contributed by atoms with E-state index in [4.69, 9.17) is 14.5 Å². The van der Waals surface area contributed by atoms with Gasteiger partial charge in [0.2, 0.25) is 0 Å². The number of hydrogen-bond donors (Lipinski definition) is 1. The largest absolute Gasteiger partial charge is 0.494 e. The number of rotatable bonds is 8. The van der Waals surface area contributed by atoms with E-state index in [1.54, 1.807) is 31.2 Å². The van der Waals surface area contributed by atoms with Crippen molar-refractivity contribution in [1.82, 2.24) is 28.9 Å².